The van der Waals surface area contributed by atoms with Crippen LogP contribution in [0.5, 0.6) is 0 Å². The molecule has 3 N–H and O–H groups in total. The van der Waals surface area contributed by atoms with Crippen molar-refractivity contribution in [2.75, 3.05) is 0 Å². The van der Waals surface area contributed by atoms with Gasteiger partial charge in [0.25, 0.3) is 0 Å². The van der Waals surface area contributed by atoms with E-state index in [1.807, 2.05) is 13.8 Å². The first-order chi connectivity index (χ1) is 15.1. The van der Waals surface area contributed by atoms with E-state index in [-0.39, 0.29) is 5.41 Å². The van der Waals surface area contributed by atoms with E-state index in [0.29, 0.717) is 37.0 Å². The van der Waals surface area contributed by atoms with Gasteiger partial charge in [0.1, 0.15) is 0 Å². The Morgan fingerprint density at radius 3 is 2.62 bits per heavy atom. The lowest BCUT2D eigenvalue weighted by Gasteiger charge is -2.43. The summed E-state index contributed by atoms with van der Waals surface area (Å²) in [4.78, 5) is 0. The van der Waals surface area contributed by atoms with Crippen LogP contribution in [0.15, 0.2) is 35.5 Å². The Bertz CT molecular complexity index is 806. The topological polar surface area (TPSA) is 60.7 Å². The van der Waals surface area contributed by atoms with Crippen molar-refractivity contribution in [2.24, 2.45) is 23.2 Å². The van der Waals surface area contributed by atoms with Crippen LogP contribution >= 0.6 is 0 Å². The highest BCUT2D eigenvalue weighted by Crippen LogP contribution is 2.59. The Balaban J connectivity index is 1.74. The Morgan fingerprint density at radius 2 is 1.94 bits per heavy atom. The van der Waals surface area contributed by atoms with Crippen LogP contribution in [0.4, 0.5) is 0 Å². The smallest absolute Gasteiger partial charge is 0.0811 e. The van der Waals surface area contributed by atoms with Crippen LogP contribution in [-0.4, -0.2) is 33.1 Å². The highest BCUT2D eigenvalue weighted by molar-refractivity contribution is 5.38. The van der Waals surface area contributed by atoms with Crippen molar-refractivity contribution in [3.63, 3.8) is 0 Å². The molecule has 0 aliphatic heterocycles. The lowest BCUT2D eigenvalue weighted by Crippen LogP contribution is -2.35. The van der Waals surface area contributed by atoms with Crippen LogP contribution in [-0.2, 0) is 0 Å². The molecule has 0 aromatic heterocycles. The second-order valence-corrected chi connectivity index (χ2v) is 10.9. The molecule has 3 saturated carbocycles. The van der Waals surface area contributed by atoms with Crippen LogP contribution in [0.1, 0.15) is 91.9 Å². The first-order valence-corrected chi connectivity index (χ1v) is 12.8. The second-order valence-electron chi connectivity index (χ2n) is 10.9. The molecular formula is C29H44O3. The standard InChI is InChI=1S/C29H44O3/c1-6-29(32,7-2)17-8-10-20(3)25-14-15-26-22(11-9-16-28(25,26)5)12-13-23-18-24(30)19-27(31)21(23)4/h12-13,20,24-27,30-32H,4,6-7,9,11,14-19H2,1-3,5H3/b22-12+,23-13+/t20-,24-,25-,26+,27+,28-/m1/s1. The average Bonchev–Trinajstić information content (AvgIpc) is 3.12. The van der Waals surface area contributed by atoms with Crippen molar-refractivity contribution in [1.29, 1.82) is 0 Å². The summed E-state index contributed by atoms with van der Waals surface area (Å²) < 4.78 is 0. The highest BCUT2D eigenvalue weighted by atomic mass is 16.3. The van der Waals surface area contributed by atoms with E-state index in [9.17, 15) is 15.3 Å². The van der Waals surface area contributed by atoms with E-state index in [2.05, 4.69) is 44.4 Å². The molecule has 3 aliphatic carbocycles. The Kier molecular flexibility index (Phi) is 8.13. The maximum absolute atomic E-state index is 10.5. The number of rotatable bonds is 5. The van der Waals surface area contributed by atoms with Crippen molar-refractivity contribution in [3.8, 4) is 11.8 Å². The minimum absolute atomic E-state index is 0.269. The Hall–Kier alpha value is -1.34. The molecule has 3 heteroatoms. The van der Waals surface area contributed by atoms with Crippen molar-refractivity contribution < 1.29 is 15.3 Å². The van der Waals surface area contributed by atoms with Crippen LogP contribution in [0.25, 0.3) is 0 Å². The fraction of sp³-hybridized carbons (Fsp3) is 0.724. The SMILES string of the molecule is C=C1/C(=C/C=C2\CCC[C@]3(C)[C@@H]([C@H](C)C#CCC(O)(CC)CC)CC[C@@H]23)C[C@@H](O)C[C@@H]1O. The summed E-state index contributed by atoms with van der Waals surface area (Å²) in [7, 11) is 0. The number of fused-ring (bicyclic) bond motifs is 1. The minimum Gasteiger partial charge on any atom is -0.393 e. The molecule has 32 heavy (non-hydrogen) atoms. The number of hydrogen-bond acceptors (Lipinski definition) is 3. The van der Waals surface area contributed by atoms with E-state index in [1.165, 1.54) is 31.3 Å². The van der Waals surface area contributed by atoms with E-state index >= 15 is 0 Å². The first-order valence-electron chi connectivity index (χ1n) is 12.8. The maximum atomic E-state index is 10.5. The lowest BCUT2D eigenvalue weighted by molar-refractivity contribution is 0.0374. The van der Waals surface area contributed by atoms with Crippen LogP contribution in [0.2, 0.25) is 0 Å². The molecular weight excluding hydrogens is 396 g/mol. The van der Waals surface area contributed by atoms with E-state index in [1.54, 1.807) is 0 Å². The molecule has 0 heterocycles. The van der Waals surface area contributed by atoms with Crippen LogP contribution in [0, 0.1) is 35.0 Å². The molecule has 3 nitrogen and oxygen atoms in total. The zero-order valence-corrected chi connectivity index (χ0v) is 20.7. The molecule has 0 spiro atoms. The fourth-order valence-electron chi connectivity index (χ4n) is 6.54. The minimum atomic E-state index is -0.645. The average molecular weight is 441 g/mol. The molecule has 6 atom stereocenters. The summed E-state index contributed by atoms with van der Waals surface area (Å²) >= 11 is 0. The second kappa shape index (κ2) is 10.3. The van der Waals surface area contributed by atoms with Gasteiger partial charge in [0.05, 0.1) is 17.8 Å². The molecule has 3 aliphatic rings. The lowest BCUT2D eigenvalue weighted by atomic mass is 9.61. The number of aliphatic hydroxyl groups excluding tert-OH is 2. The van der Waals surface area contributed by atoms with Gasteiger partial charge in [-0.3, -0.25) is 0 Å². The highest BCUT2D eigenvalue weighted by Gasteiger charge is 2.50. The molecule has 0 bridgehead atoms. The van der Waals surface area contributed by atoms with E-state index < -0.39 is 17.8 Å². The van der Waals surface area contributed by atoms with Crippen molar-refractivity contribution >= 4 is 0 Å². The molecule has 3 fully saturated rings. The third-order valence-electron chi connectivity index (χ3n) is 8.97. The van der Waals surface area contributed by atoms with Crippen molar-refractivity contribution in [2.45, 2.75) is 110 Å². The van der Waals surface area contributed by atoms with E-state index in [0.717, 1.165) is 30.4 Å². The van der Waals surface area contributed by atoms with Gasteiger partial charge in [-0.1, -0.05) is 57.9 Å². The summed E-state index contributed by atoms with van der Waals surface area (Å²) in [6.45, 7) is 12.9. The molecule has 0 radical (unpaired) electrons. The van der Waals surface area contributed by atoms with Gasteiger partial charge in [0.2, 0.25) is 0 Å². The van der Waals surface area contributed by atoms with E-state index in [4.69, 9.17) is 0 Å². The molecule has 3 rings (SSSR count). The first kappa shape index (κ1) is 25.3. The number of allylic oxidation sites excluding steroid dienone is 3. The summed E-state index contributed by atoms with van der Waals surface area (Å²) in [6.07, 6.45) is 12.3. The molecule has 0 unspecified atom stereocenters. The molecule has 0 aromatic rings. The largest absolute Gasteiger partial charge is 0.393 e. The van der Waals surface area contributed by atoms with Gasteiger partial charge in [0, 0.05) is 18.8 Å². The molecule has 0 amide bonds. The summed E-state index contributed by atoms with van der Waals surface area (Å²) in [5.41, 5.74) is 2.89. The Morgan fingerprint density at radius 1 is 1.22 bits per heavy atom. The molecule has 178 valence electrons. The van der Waals surface area contributed by atoms with Gasteiger partial charge < -0.3 is 15.3 Å². The maximum Gasteiger partial charge on any atom is 0.0811 e. The normalized spacial score (nSPS) is 36.7. The van der Waals surface area contributed by atoms with Gasteiger partial charge in [0.15, 0.2) is 0 Å². The summed E-state index contributed by atoms with van der Waals surface area (Å²) in [5.74, 6) is 8.34. The predicted molar refractivity (Wildman–Crippen MR) is 132 cm³/mol. The van der Waals surface area contributed by atoms with Gasteiger partial charge in [-0.15, -0.1) is 5.92 Å². The summed E-state index contributed by atoms with van der Waals surface area (Å²) in [5, 5.41) is 30.7. The van der Waals surface area contributed by atoms with Gasteiger partial charge in [-0.05, 0) is 79.8 Å². The zero-order valence-electron chi connectivity index (χ0n) is 20.7. The van der Waals surface area contributed by atoms with Crippen LogP contribution in [0.3, 0.4) is 0 Å². The third-order valence-corrected chi connectivity index (χ3v) is 8.97. The Labute approximate surface area is 195 Å². The summed E-state index contributed by atoms with van der Waals surface area (Å²) in [6, 6.07) is 0. The number of aliphatic hydroxyl groups is 3. The van der Waals surface area contributed by atoms with Crippen molar-refractivity contribution in [1.82, 2.24) is 0 Å². The van der Waals surface area contributed by atoms with Crippen molar-refractivity contribution in [3.05, 3.63) is 35.5 Å². The van der Waals surface area contributed by atoms with Gasteiger partial charge in [-0.25, -0.2) is 0 Å². The monoisotopic (exact) mass is 440 g/mol. The molecule has 0 aromatic carbocycles. The third kappa shape index (κ3) is 5.24. The zero-order chi connectivity index (χ0) is 23.5. The quantitative estimate of drug-likeness (QED) is 0.480. The number of hydrogen-bond donors (Lipinski definition) is 3. The fourth-order valence-corrected chi connectivity index (χ4v) is 6.54. The van der Waals surface area contributed by atoms with Gasteiger partial charge in [-0.2, -0.15) is 0 Å². The van der Waals surface area contributed by atoms with Crippen LogP contribution < -0.4 is 0 Å². The van der Waals surface area contributed by atoms with Gasteiger partial charge >= 0.3 is 0 Å². The molecule has 0 saturated heterocycles. The predicted octanol–water partition coefficient (Wildman–Crippen LogP) is 5.71.